The molecule has 1 aliphatic carbocycles. The number of ether oxygens (including phenoxy) is 2. The predicted molar refractivity (Wildman–Crippen MR) is 83.9 cm³/mol. The minimum atomic E-state index is -0.220. The maximum Gasteiger partial charge on any atom is 0.123 e. The molecule has 0 heterocycles. The van der Waals surface area contributed by atoms with Crippen LogP contribution in [0.15, 0.2) is 42.5 Å². The summed E-state index contributed by atoms with van der Waals surface area (Å²) in [7, 11) is 1.67. The van der Waals surface area contributed by atoms with Gasteiger partial charge < -0.3 is 15.2 Å². The smallest absolute Gasteiger partial charge is 0.123 e. The third-order valence-electron chi connectivity index (χ3n) is 3.76. The third kappa shape index (κ3) is 3.19. The molecule has 1 atom stereocenters. The maximum absolute atomic E-state index is 6.44. The second-order valence-electron chi connectivity index (χ2n) is 5.61. The largest absolute Gasteiger partial charge is 0.496 e. The van der Waals surface area contributed by atoms with E-state index in [4.69, 9.17) is 15.2 Å². The van der Waals surface area contributed by atoms with Crippen LogP contribution in [0.2, 0.25) is 0 Å². The topological polar surface area (TPSA) is 44.5 Å². The summed E-state index contributed by atoms with van der Waals surface area (Å²) in [5.41, 5.74) is 9.65. The number of benzene rings is 2. The molecular formula is C18H21NO2. The van der Waals surface area contributed by atoms with Crippen molar-refractivity contribution in [1.29, 1.82) is 0 Å². The van der Waals surface area contributed by atoms with Crippen LogP contribution in [0.4, 0.5) is 0 Å². The SMILES string of the molecule is COc1ccc(C)cc1C(N)c1cccc(OC2CC2)c1. The third-order valence-corrected chi connectivity index (χ3v) is 3.76. The van der Waals surface area contributed by atoms with E-state index in [1.807, 2.05) is 36.4 Å². The van der Waals surface area contributed by atoms with E-state index in [2.05, 4.69) is 13.0 Å². The van der Waals surface area contributed by atoms with Gasteiger partial charge in [0.1, 0.15) is 11.5 Å². The molecule has 1 saturated carbocycles. The molecule has 1 aliphatic rings. The normalized spacial score (nSPS) is 15.6. The lowest BCUT2D eigenvalue weighted by atomic mass is 9.97. The first kappa shape index (κ1) is 14.0. The van der Waals surface area contributed by atoms with Gasteiger partial charge >= 0.3 is 0 Å². The highest BCUT2D eigenvalue weighted by atomic mass is 16.5. The van der Waals surface area contributed by atoms with Gasteiger partial charge in [0.05, 0.1) is 19.3 Å². The standard InChI is InChI=1S/C18H21NO2/c1-12-6-9-17(20-2)16(10-12)18(19)13-4-3-5-15(11-13)21-14-7-8-14/h3-6,9-11,14,18H,7-8,19H2,1-2H3. The first-order valence-corrected chi connectivity index (χ1v) is 7.34. The summed E-state index contributed by atoms with van der Waals surface area (Å²) in [6.45, 7) is 2.06. The quantitative estimate of drug-likeness (QED) is 0.912. The Bertz CT molecular complexity index is 635. The van der Waals surface area contributed by atoms with E-state index in [0.717, 1.165) is 35.5 Å². The van der Waals surface area contributed by atoms with Crippen molar-refractivity contribution < 1.29 is 9.47 Å². The second kappa shape index (κ2) is 5.78. The van der Waals surface area contributed by atoms with Gasteiger partial charge in [-0.2, -0.15) is 0 Å². The molecule has 21 heavy (non-hydrogen) atoms. The van der Waals surface area contributed by atoms with Crippen molar-refractivity contribution >= 4 is 0 Å². The molecule has 0 saturated heterocycles. The molecule has 2 aromatic rings. The molecule has 1 unspecified atom stereocenters. The molecule has 3 heteroatoms. The molecule has 1 fully saturated rings. The Morgan fingerprint density at radius 1 is 1.14 bits per heavy atom. The van der Waals surface area contributed by atoms with Gasteiger partial charge in [-0.05, 0) is 43.5 Å². The zero-order chi connectivity index (χ0) is 14.8. The van der Waals surface area contributed by atoms with Crippen LogP contribution in [0, 0.1) is 6.92 Å². The van der Waals surface area contributed by atoms with Crippen molar-refractivity contribution in [2.75, 3.05) is 7.11 Å². The van der Waals surface area contributed by atoms with E-state index in [1.54, 1.807) is 7.11 Å². The summed E-state index contributed by atoms with van der Waals surface area (Å²) < 4.78 is 11.3. The molecule has 3 nitrogen and oxygen atoms in total. The Kier molecular flexibility index (Phi) is 3.84. The Balaban J connectivity index is 1.90. The lowest BCUT2D eigenvalue weighted by molar-refractivity contribution is 0.303. The summed E-state index contributed by atoms with van der Waals surface area (Å²) in [6.07, 6.45) is 2.70. The van der Waals surface area contributed by atoms with Gasteiger partial charge in [-0.25, -0.2) is 0 Å². The maximum atomic E-state index is 6.44. The Labute approximate surface area is 125 Å². The average Bonchev–Trinajstić information content (AvgIpc) is 3.30. The monoisotopic (exact) mass is 283 g/mol. The second-order valence-corrected chi connectivity index (χ2v) is 5.61. The first-order valence-electron chi connectivity index (χ1n) is 7.34. The number of hydrogen-bond acceptors (Lipinski definition) is 3. The van der Waals surface area contributed by atoms with Gasteiger partial charge in [0, 0.05) is 5.56 Å². The van der Waals surface area contributed by atoms with E-state index in [9.17, 15) is 0 Å². The number of hydrogen-bond donors (Lipinski definition) is 1. The highest BCUT2D eigenvalue weighted by Gasteiger charge is 2.24. The fourth-order valence-electron chi connectivity index (χ4n) is 2.44. The molecule has 3 rings (SSSR count). The summed E-state index contributed by atoms with van der Waals surface area (Å²) in [5, 5.41) is 0. The predicted octanol–water partition coefficient (Wildman–Crippen LogP) is 3.59. The van der Waals surface area contributed by atoms with Gasteiger partial charge in [-0.1, -0.05) is 29.8 Å². The molecule has 110 valence electrons. The molecule has 0 radical (unpaired) electrons. The summed E-state index contributed by atoms with van der Waals surface area (Å²) >= 11 is 0. The van der Waals surface area contributed by atoms with E-state index in [-0.39, 0.29) is 6.04 Å². The number of aryl methyl sites for hydroxylation is 1. The van der Waals surface area contributed by atoms with E-state index >= 15 is 0 Å². The molecule has 0 aromatic heterocycles. The van der Waals surface area contributed by atoms with Gasteiger partial charge in [-0.15, -0.1) is 0 Å². The number of nitrogens with two attached hydrogens (primary N) is 1. The minimum absolute atomic E-state index is 0.220. The lowest BCUT2D eigenvalue weighted by Gasteiger charge is -2.17. The molecular weight excluding hydrogens is 262 g/mol. The van der Waals surface area contributed by atoms with E-state index < -0.39 is 0 Å². The van der Waals surface area contributed by atoms with Gasteiger partial charge in [0.25, 0.3) is 0 Å². The first-order chi connectivity index (χ1) is 10.2. The lowest BCUT2D eigenvalue weighted by Crippen LogP contribution is -2.13. The van der Waals surface area contributed by atoms with Crippen LogP contribution < -0.4 is 15.2 Å². The Morgan fingerprint density at radius 2 is 1.95 bits per heavy atom. The molecule has 0 bridgehead atoms. The fourth-order valence-corrected chi connectivity index (χ4v) is 2.44. The highest BCUT2D eigenvalue weighted by Crippen LogP contribution is 2.32. The van der Waals surface area contributed by atoms with Crippen molar-refractivity contribution in [1.82, 2.24) is 0 Å². The summed E-state index contributed by atoms with van der Waals surface area (Å²) in [5.74, 6) is 1.72. The molecule has 0 aliphatic heterocycles. The Hall–Kier alpha value is -2.00. The van der Waals surface area contributed by atoms with Crippen LogP contribution in [0.25, 0.3) is 0 Å². The van der Waals surface area contributed by atoms with Crippen molar-refractivity contribution in [3.8, 4) is 11.5 Å². The minimum Gasteiger partial charge on any atom is -0.496 e. The van der Waals surface area contributed by atoms with E-state index in [1.165, 1.54) is 5.56 Å². The van der Waals surface area contributed by atoms with Crippen LogP contribution >= 0.6 is 0 Å². The van der Waals surface area contributed by atoms with Crippen LogP contribution in [-0.4, -0.2) is 13.2 Å². The average molecular weight is 283 g/mol. The van der Waals surface area contributed by atoms with Gasteiger partial charge in [0.2, 0.25) is 0 Å². The molecule has 2 N–H and O–H groups in total. The molecule has 2 aromatic carbocycles. The van der Waals surface area contributed by atoms with Crippen molar-refractivity contribution in [2.45, 2.75) is 31.9 Å². The summed E-state index contributed by atoms with van der Waals surface area (Å²) in [6, 6.07) is 13.9. The van der Waals surface area contributed by atoms with Crippen LogP contribution in [0.3, 0.4) is 0 Å². The number of methoxy groups -OCH3 is 1. The zero-order valence-electron chi connectivity index (χ0n) is 12.5. The fraction of sp³-hybridized carbons (Fsp3) is 0.333. The van der Waals surface area contributed by atoms with Crippen molar-refractivity contribution in [2.24, 2.45) is 5.73 Å². The number of rotatable bonds is 5. The van der Waals surface area contributed by atoms with Crippen molar-refractivity contribution in [3.05, 3.63) is 59.2 Å². The van der Waals surface area contributed by atoms with Crippen LogP contribution in [-0.2, 0) is 0 Å². The van der Waals surface area contributed by atoms with Gasteiger partial charge in [-0.3, -0.25) is 0 Å². The Morgan fingerprint density at radius 3 is 2.67 bits per heavy atom. The van der Waals surface area contributed by atoms with E-state index in [0.29, 0.717) is 6.10 Å². The van der Waals surface area contributed by atoms with Crippen LogP contribution in [0.1, 0.15) is 35.6 Å². The van der Waals surface area contributed by atoms with Crippen molar-refractivity contribution in [3.63, 3.8) is 0 Å². The highest BCUT2D eigenvalue weighted by molar-refractivity contribution is 5.45. The molecule has 0 amide bonds. The summed E-state index contributed by atoms with van der Waals surface area (Å²) in [4.78, 5) is 0. The van der Waals surface area contributed by atoms with Gasteiger partial charge in [0.15, 0.2) is 0 Å². The molecule has 0 spiro atoms. The zero-order valence-corrected chi connectivity index (χ0v) is 12.5. The van der Waals surface area contributed by atoms with Crippen LogP contribution in [0.5, 0.6) is 11.5 Å².